The van der Waals surface area contributed by atoms with E-state index in [1.54, 1.807) is 25.1 Å². The average Bonchev–Trinajstić information content (AvgIpc) is 3.42. The van der Waals surface area contributed by atoms with Gasteiger partial charge in [0.25, 0.3) is 0 Å². The second-order valence-corrected chi connectivity index (χ2v) is 7.68. The van der Waals surface area contributed by atoms with Crippen molar-refractivity contribution < 1.29 is 32.0 Å². The van der Waals surface area contributed by atoms with Crippen molar-refractivity contribution in [3.05, 3.63) is 53.8 Å². The summed E-state index contributed by atoms with van der Waals surface area (Å²) in [5, 5.41) is 6.49. The summed E-state index contributed by atoms with van der Waals surface area (Å²) in [7, 11) is 0. The molecule has 3 aliphatic rings. The molecule has 2 bridgehead atoms. The number of rotatable bonds is 3. The van der Waals surface area contributed by atoms with Crippen LogP contribution in [-0.2, 0) is 20.5 Å². The van der Waals surface area contributed by atoms with E-state index in [4.69, 9.17) is 9.26 Å². The van der Waals surface area contributed by atoms with E-state index in [0.717, 1.165) is 12.1 Å². The summed E-state index contributed by atoms with van der Waals surface area (Å²) in [6, 6.07) is 5.78. The number of alkyl halides is 3. The number of benzene rings is 1. The van der Waals surface area contributed by atoms with Gasteiger partial charge in [-0.3, -0.25) is 14.5 Å². The van der Waals surface area contributed by atoms with Gasteiger partial charge in [-0.05, 0) is 31.2 Å². The fourth-order valence-electron chi connectivity index (χ4n) is 4.44. The van der Waals surface area contributed by atoms with Crippen molar-refractivity contribution in [1.29, 1.82) is 0 Å². The molecule has 2 aromatic rings. The zero-order chi connectivity index (χ0) is 21.3. The van der Waals surface area contributed by atoms with Crippen molar-refractivity contribution in [2.75, 3.05) is 16.8 Å². The van der Waals surface area contributed by atoms with Gasteiger partial charge in [0.05, 0.1) is 30.0 Å². The number of nitrogens with zero attached hydrogens (tertiary/aromatic N) is 2. The third kappa shape index (κ3) is 2.74. The molecule has 3 aliphatic heterocycles. The van der Waals surface area contributed by atoms with Gasteiger partial charge in [-0.25, -0.2) is 0 Å². The van der Waals surface area contributed by atoms with Crippen LogP contribution >= 0.6 is 0 Å². The van der Waals surface area contributed by atoms with Gasteiger partial charge in [0.15, 0.2) is 5.82 Å². The highest BCUT2D eigenvalue weighted by Gasteiger charge is 2.67. The zero-order valence-electron chi connectivity index (χ0n) is 15.6. The van der Waals surface area contributed by atoms with Crippen LogP contribution in [0.15, 0.2) is 47.0 Å². The zero-order valence-corrected chi connectivity index (χ0v) is 15.6. The topological polar surface area (TPSA) is 84.7 Å². The van der Waals surface area contributed by atoms with Gasteiger partial charge >= 0.3 is 6.18 Å². The number of anilines is 2. The quantitative estimate of drug-likeness (QED) is 0.774. The third-order valence-corrected chi connectivity index (χ3v) is 5.77. The minimum absolute atomic E-state index is 0.208. The van der Waals surface area contributed by atoms with Gasteiger partial charge < -0.3 is 14.6 Å². The van der Waals surface area contributed by atoms with Crippen molar-refractivity contribution in [2.24, 2.45) is 11.8 Å². The molecule has 7 nitrogen and oxygen atoms in total. The third-order valence-electron chi connectivity index (χ3n) is 5.77. The lowest BCUT2D eigenvalue weighted by Crippen LogP contribution is -2.41. The van der Waals surface area contributed by atoms with Crippen LogP contribution in [-0.4, -0.2) is 35.2 Å². The molecule has 1 aromatic carbocycles. The van der Waals surface area contributed by atoms with E-state index in [-0.39, 0.29) is 18.1 Å². The van der Waals surface area contributed by atoms with Crippen LogP contribution in [0.1, 0.15) is 11.3 Å². The number of hydrogen-bond acceptors (Lipinski definition) is 5. The van der Waals surface area contributed by atoms with Crippen molar-refractivity contribution in [1.82, 2.24) is 5.16 Å². The number of aryl methyl sites for hydroxylation is 1. The highest BCUT2D eigenvalue weighted by Crippen LogP contribution is 2.52. The predicted molar refractivity (Wildman–Crippen MR) is 97.4 cm³/mol. The smallest absolute Gasteiger partial charge is 0.360 e. The monoisotopic (exact) mass is 419 g/mol. The molecule has 4 atom stereocenters. The lowest BCUT2D eigenvalue weighted by Gasteiger charge is -2.23. The minimum atomic E-state index is -4.46. The first kappa shape index (κ1) is 18.9. The molecule has 10 heteroatoms. The molecule has 156 valence electrons. The molecule has 0 unspecified atom stereocenters. The molecular weight excluding hydrogens is 403 g/mol. The molecule has 2 amide bonds. The predicted octanol–water partition coefficient (Wildman–Crippen LogP) is 2.93. The molecule has 0 saturated carbocycles. The summed E-state index contributed by atoms with van der Waals surface area (Å²) in [5.74, 6) is -1.44. The van der Waals surface area contributed by atoms with Gasteiger partial charge in [0, 0.05) is 11.8 Å². The molecular formula is C20H16F3N3O4. The Morgan fingerprint density at radius 2 is 2.03 bits per heavy atom. The molecule has 5 rings (SSSR count). The maximum Gasteiger partial charge on any atom is 0.416 e. The first-order valence-corrected chi connectivity index (χ1v) is 9.28. The Morgan fingerprint density at radius 1 is 1.30 bits per heavy atom. The van der Waals surface area contributed by atoms with Crippen molar-refractivity contribution in [2.45, 2.75) is 24.8 Å². The molecule has 1 N–H and O–H groups in total. The summed E-state index contributed by atoms with van der Waals surface area (Å²) in [6.45, 7) is 1.91. The largest absolute Gasteiger partial charge is 0.416 e. The van der Waals surface area contributed by atoms with Gasteiger partial charge in [-0.15, -0.1) is 0 Å². The van der Waals surface area contributed by atoms with Crippen LogP contribution in [0.25, 0.3) is 0 Å². The SMILES string of the molecule is Cc1cc(N2C[C@@]34C=C[C@@H](O3)[C@@H](C(=O)Nc3ccc(C(F)(F)F)cc3)[C@H]4C2=O)no1. The summed E-state index contributed by atoms with van der Waals surface area (Å²) in [4.78, 5) is 27.5. The number of amides is 2. The second-order valence-electron chi connectivity index (χ2n) is 7.68. The molecule has 0 aliphatic carbocycles. The molecule has 1 aromatic heterocycles. The standard InChI is InChI=1S/C20H16F3N3O4/c1-10-8-14(25-30-10)26-9-19-7-6-13(29-19)15(16(19)18(26)28)17(27)24-12-4-2-11(3-5-12)20(21,22)23/h2-8,13,15-16H,9H2,1H3,(H,24,27)/t13-,15-,16+,19-/m1/s1. The number of carbonyl (C=O) groups is 2. The highest BCUT2D eigenvalue weighted by molar-refractivity contribution is 6.05. The van der Waals surface area contributed by atoms with Crippen molar-refractivity contribution in [3.63, 3.8) is 0 Å². The lowest BCUT2D eigenvalue weighted by molar-refractivity contribution is -0.137. The van der Waals surface area contributed by atoms with Gasteiger partial charge in [-0.2, -0.15) is 13.2 Å². The maximum absolute atomic E-state index is 13.1. The number of hydrogen-bond donors (Lipinski definition) is 1. The van der Waals surface area contributed by atoms with E-state index >= 15 is 0 Å². The number of nitrogens with one attached hydrogen (secondary N) is 1. The summed E-state index contributed by atoms with van der Waals surface area (Å²) < 4.78 is 49.3. The van der Waals surface area contributed by atoms with Crippen LogP contribution in [0.3, 0.4) is 0 Å². The molecule has 4 heterocycles. The summed E-state index contributed by atoms with van der Waals surface area (Å²) in [5.41, 5.74) is -1.53. The summed E-state index contributed by atoms with van der Waals surface area (Å²) >= 11 is 0. The number of aromatic nitrogens is 1. The van der Waals surface area contributed by atoms with Gasteiger partial charge in [0.2, 0.25) is 11.8 Å². The average molecular weight is 419 g/mol. The fourth-order valence-corrected chi connectivity index (χ4v) is 4.44. The summed E-state index contributed by atoms with van der Waals surface area (Å²) in [6.07, 6.45) is -1.49. The van der Waals surface area contributed by atoms with E-state index in [9.17, 15) is 22.8 Å². The Kier molecular flexibility index (Phi) is 3.88. The number of fused-ring (bicyclic) bond motifs is 1. The van der Waals surface area contributed by atoms with Crippen LogP contribution in [0.2, 0.25) is 0 Å². The van der Waals surface area contributed by atoms with Crippen LogP contribution in [0.5, 0.6) is 0 Å². The highest BCUT2D eigenvalue weighted by atomic mass is 19.4. The molecule has 2 fully saturated rings. The van der Waals surface area contributed by atoms with Crippen LogP contribution in [0.4, 0.5) is 24.7 Å². The Morgan fingerprint density at radius 3 is 2.67 bits per heavy atom. The Labute approximate surface area is 168 Å². The van der Waals surface area contributed by atoms with Gasteiger partial charge in [0.1, 0.15) is 11.4 Å². The normalized spacial score (nSPS) is 29.5. The van der Waals surface area contributed by atoms with E-state index in [2.05, 4.69) is 10.5 Å². The van der Waals surface area contributed by atoms with E-state index in [1.807, 2.05) is 0 Å². The van der Waals surface area contributed by atoms with Crippen molar-refractivity contribution in [3.8, 4) is 0 Å². The Bertz CT molecular complexity index is 1060. The van der Waals surface area contributed by atoms with E-state index in [0.29, 0.717) is 11.6 Å². The molecule has 30 heavy (non-hydrogen) atoms. The first-order chi connectivity index (χ1) is 14.2. The Hall–Kier alpha value is -3.14. The van der Waals surface area contributed by atoms with E-state index < -0.39 is 41.2 Å². The number of carbonyl (C=O) groups excluding carboxylic acids is 2. The Balaban J connectivity index is 1.38. The maximum atomic E-state index is 13.1. The van der Waals surface area contributed by atoms with E-state index in [1.165, 1.54) is 17.0 Å². The number of ether oxygens (including phenoxy) is 1. The van der Waals surface area contributed by atoms with Crippen LogP contribution in [0, 0.1) is 18.8 Å². The molecule has 1 spiro atoms. The first-order valence-electron chi connectivity index (χ1n) is 9.28. The molecule has 2 saturated heterocycles. The second kappa shape index (κ2) is 6.18. The fraction of sp³-hybridized carbons (Fsp3) is 0.350. The lowest BCUT2D eigenvalue weighted by atomic mass is 9.77. The van der Waals surface area contributed by atoms with Gasteiger partial charge in [-0.1, -0.05) is 17.3 Å². The van der Waals surface area contributed by atoms with Crippen LogP contribution < -0.4 is 10.2 Å². The number of halogens is 3. The minimum Gasteiger partial charge on any atom is -0.360 e. The van der Waals surface area contributed by atoms with Crippen molar-refractivity contribution >= 4 is 23.3 Å². The molecule has 0 radical (unpaired) electrons.